The first-order valence-electron chi connectivity index (χ1n) is 11.0. The van der Waals surface area contributed by atoms with Crippen molar-refractivity contribution in [3.8, 4) is 17.8 Å². The van der Waals surface area contributed by atoms with Crippen LogP contribution in [0.3, 0.4) is 0 Å². The molecule has 9 heteroatoms. The second kappa shape index (κ2) is 15.0. The van der Waals surface area contributed by atoms with E-state index in [1.165, 1.54) is 44.0 Å². The van der Waals surface area contributed by atoms with E-state index in [1.54, 1.807) is 42.5 Å². The highest BCUT2D eigenvalue weighted by atomic mass is 16.6. The van der Waals surface area contributed by atoms with Crippen LogP contribution in [0.15, 0.2) is 66.7 Å². The monoisotopic (exact) mass is 499 g/mol. The Hall–Kier alpha value is -4.29. The summed E-state index contributed by atoms with van der Waals surface area (Å²) < 4.78 is 15.5. The van der Waals surface area contributed by atoms with Crippen LogP contribution in [0.4, 0.5) is 0 Å². The number of nitriles is 1. The van der Waals surface area contributed by atoms with Crippen LogP contribution in [0, 0.1) is 11.3 Å². The molecule has 0 N–H and O–H groups in total. The summed E-state index contributed by atoms with van der Waals surface area (Å²) in [6, 6.07) is 18.8. The Kier molecular flexibility index (Phi) is 12.4. The minimum absolute atomic E-state index is 0. The van der Waals surface area contributed by atoms with Gasteiger partial charge in [0.05, 0.1) is 17.2 Å². The largest absolute Gasteiger partial charge is 0.404 e. The van der Waals surface area contributed by atoms with Gasteiger partial charge in [0.15, 0.2) is 5.78 Å². The van der Waals surface area contributed by atoms with Gasteiger partial charge in [0.1, 0.15) is 11.6 Å². The molecule has 8 nitrogen and oxygen atoms in total. The molecule has 1 atom stereocenters. The van der Waals surface area contributed by atoms with Crippen LogP contribution >= 0.6 is 0 Å². The lowest BCUT2D eigenvalue weighted by Gasteiger charge is -2.08. The number of rotatable bonds is 5. The Balaban J connectivity index is 0.000000753. The van der Waals surface area contributed by atoms with E-state index in [0.29, 0.717) is 17.2 Å². The van der Waals surface area contributed by atoms with Crippen molar-refractivity contribution in [2.45, 2.75) is 40.2 Å². The summed E-state index contributed by atoms with van der Waals surface area (Å²) in [6.07, 6.45) is 3.08. The Morgan fingerprint density at radius 1 is 0.946 bits per heavy atom. The Bertz CT molecular complexity index is 1250. The summed E-state index contributed by atoms with van der Waals surface area (Å²) >= 11 is 0. The van der Waals surface area contributed by atoms with Gasteiger partial charge in [-0.2, -0.15) is 10.2 Å². The van der Waals surface area contributed by atoms with Gasteiger partial charge in [0.25, 0.3) is 0 Å². The lowest BCUT2D eigenvalue weighted by atomic mass is 10.1. The number of benzene rings is 2. The molecule has 0 aliphatic carbocycles. The maximum atomic E-state index is 12.4. The first-order valence-corrected chi connectivity index (χ1v) is 11.0. The molecule has 3 radical (unpaired) electrons. The van der Waals surface area contributed by atoms with Crippen molar-refractivity contribution in [3.05, 3.63) is 89.0 Å². The molecule has 3 aromatic rings. The molecule has 1 aromatic heterocycles. The predicted molar refractivity (Wildman–Crippen MR) is 139 cm³/mol. The molecule has 37 heavy (non-hydrogen) atoms. The van der Waals surface area contributed by atoms with Crippen molar-refractivity contribution in [1.29, 1.82) is 5.26 Å². The van der Waals surface area contributed by atoms with Gasteiger partial charge in [-0.3, -0.25) is 4.79 Å². The van der Waals surface area contributed by atoms with Gasteiger partial charge < -0.3 is 14.2 Å². The molecule has 1 fully saturated rings. The number of ketones is 1. The average molecular weight is 499 g/mol. The molecule has 0 amide bonds. The zero-order valence-electron chi connectivity index (χ0n) is 20.0. The quantitative estimate of drug-likeness (QED) is 0.273. The zero-order valence-corrected chi connectivity index (χ0v) is 20.0. The Labute approximate surface area is 218 Å². The van der Waals surface area contributed by atoms with Crippen LogP contribution in [-0.2, 0) is 4.74 Å². The third-order valence-electron chi connectivity index (χ3n) is 5.01. The van der Waals surface area contributed by atoms with E-state index in [1.807, 2.05) is 6.07 Å². The molecule has 0 saturated carbocycles. The molecule has 1 aliphatic heterocycles. The molecule has 0 spiro atoms. The number of nitrogens with zero attached hydrogens (tertiary/aromatic N) is 2. The first-order chi connectivity index (χ1) is 16.9. The predicted octanol–water partition coefficient (Wildman–Crippen LogP) is 5.03. The third-order valence-corrected chi connectivity index (χ3v) is 5.01. The van der Waals surface area contributed by atoms with Gasteiger partial charge in [-0.05, 0) is 57.0 Å². The summed E-state index contributed by atoms with van der Waals surface area (Å²) in [7, 11) is 0. The number of carbonyl (C=O) groups is 3. The molecule has 2 aromatic carbocycles. The van der Waals surface area contributed by atoms with Crippen LogP contribution in [0.5, 0.6) is 11.8 Å². The van der Waals surface area contributed by atoms with Crippen molar-refractivity contribution in [2.24, 2.45) is 0 Å². The summed E-state index contributed by atoms with van der Waals surface area (Å²) in [4.78, 5) is 40.0. The van der Waals surface area contributed by atoms with Crippen LogP contribution in [-0.4, -0.2) is 43.8 Å². The van der Waals surface area contributed by atoms with Crippen molar-refractivity contribution in [1.82, 2.24) is 4.98 Å². The zero-order chi connectivity index (χ0) is 25.2. The molecule has 4 rings (SSSR count). The Morgan fingerprint density at radius 3 is 2.16 bits per heavy atom. The van der Waals surface area contributed by atoms with Gasteiger partial charge in [-0.15, -0.1) is 0 Å². The number of hydrogen-bond acceptors (Lipinski definition) is 8. The summed E-state index contributed by atoms with van der Waals surface area (Å²) in [5.41, 5.74) is 0.771. The minimum Gasteiger partial charge on any atom is -0.404 e. The molecule has 0 bridgehead atoms. The number of carbonyl (C=O) groups excluding carboxylic acids is 3. The van der Waals surface area contributed by atoms with Crippen molar-refractivity contribution >= 4 is 26.1 Å². The van der Waals surface area contributed by atoms with Crippen LogP contribution in [0.25, 0.3) is 0 Å². The molecular weight excluding hydrogens is 471 g/mol. The minimum atomic E-state index is -0.802. The fourth-order valence-electron chi connectivity index (χ4n) is 3.12. The first kappa shape index (κ1) is 30.7. The lowest BCUT2D eigenvalue weighted by molar-refractivity contribution is 0.0717. The second-order valence-electron chi connectivity index (χ2n) is 7.72. The maximum absolute atomic E-state index is 12.4. The molecule has 1 saturated heterocycles. The van der Waals surface area contributed by atoms with Crippen LogP contribution in [0.1, 0.15) is 70.8 Å². The second-order valence-corrected chi connectivity index (χ2v) is 7.72. The van der Waals surface area contributed by atoms with Crippen molar-refractivity contribution in [2.75, 3.05) is 6.61 Å². The fourth-order valence-corrected chi connectivity index (χ4v) is 3.12. The standard InChI is InChI=1S/C22H14N2O5.C5H10O.CH4.B/c1-14(25)16-8-5-9-17(12-16)22(27)29-20-18(13-23)10-11-19(24-20)28-21(26)15-6-3-2-4-7-15;1-5-3-2-4-6-5;;/h2-12H,1H3;5H,2-4H2,1H3;1H4;. The molecule has 2 heterocycles. The third kappa shape index (κ3) is 9.02. The highest BCUT2D eigenvalue weighted by molar-refractivity contribution is 5.98. The number of Topliss-reactive ketones (excluding diaryl/α,β-unsaturated/α-hetero) is 1. The lowest BCUT2D eigenvalue weighted by Crippen LogP contribution is -2.13. The van der Waals surface area contributed by atoms with Gasteiger partial charge in [0, 0.05) is 26.6 Å². The van der Waals surface area contributed by atoms with E-state index < -0.39 is 11.9 Å². The number of esters is 2. The molecule has 1 unspecified atom stereocenters. The molecule has 1 aliphatic rings. The SMILES string of the molecule is C.CC(=O)c1cccc(C(=O)Oc2nc(OC(=O)c3ccccc3)ccc2C#N)c1.CC1CCCO1.[B]. The van der Waals surface area contributed by atoms with Crippen LogP contribution < -0.4 is 9.47 Å². The number of hydrogen-bond donors (Lipinski definition) is 0. The van der Waals surface area contributed by atoms with E-state index >= 15 is 0 Å². The van der Waals surface area contributed by atoms with E-state index in [0.717, 1.165) is 6.61 Å². The summed E-state index contributed by atoms with van der Waals surface area (Å²) in [5.74, 6) is -2.08. The van der Waals surface area contributed by atoms with E-state index in [-0.39, 0.29) is 44.5 Å². The number of pyridine rings is 1. The summed E-state index contributed by atoms with van der Waals surface area (Å²) in [5, 5.41) is 9.24. The normalized spacial score (nSPS) is 13.4. The topological polar surface area (TPSA) is 116 Å². The highest BCUT2D eigenvalue weighted by Gasteiger charge is 2.17. The van der Waals surface area contributed by atoms with Gasteiger partial charge >= 0.3 is 11.9 Å². The highest BCUT2D eigenvalue weighted by Crippen LogP contribution is 2.22. The van der Waals surface area contributed by atoms with E-state index in [2.05, 4.69) is 11.9 Å². The van der Waals surface area contributed by atoms with Crippen LogP contribution in [0.2, 0.25) is 0 Å². The number of aromatic nitrogens is 1. The van der Waals surface area contributed by atoms with Gasteiger partial charge in [-0.25, -0.2) is 9.59 Å². The average Bonchev–Trinajstić information content (AvgIpc) is 3.36. The smallest absolute Gasteiger partial charge is 0.344 e. The van der Waals surface area contributed by atoms with Crippen molar-refractivity contribution < 1.29 is 28.6 Å². The van der Waals surface area contributed by atoms with E-state index in [4.69, 9.17) is 14.2 Å². The van der Waals surface area contributed by atoms with Gasteiger partial charge in [-0.1, -0.05) is 37.8 Å². The summed E-state index contributed by atoms with van der Waals surface area (Å²) in [6.45, 7) is 4.48. The fraction of sp³-hybridized carbons (Fsp3) is 0.250. The maximum Gasteiger partial charge on any atom is 0.344 e. The number of ether oxygens (including phenoxy) is 3. The molecule has 189 valence electrons. The van der Waals surface area contributed by atoms with Crippen molar-refractivity contribution in [3.63, 3.8) is 0 Å². The van der Waals surface area contributed by atoms with Gasteiger partial charge in [0.2, 0.25) is 11.8 Å². The van der Waals surface area contributed by atoms with E-state index in [9.17, 15) is 19.6 Å². The Morgan fingerprint density at radius 2 is 1.59 bits per heavy atom. The molecular formula is C28H28BN2O6.